The first-order valence-electron chi connectivity index (χ1n) is 8.11. The number of sulfonamides is 1. The highest BCUT2D eigenvalue weighted by Crippen LogP contribution is 2.21. The minimum Gasteiger partial charge on any atom is -0.381 e. The molecule has 23 heavy (non-hydrogen) atoms. The number of piperazine rings is 1. The van der Waals surface area contributed by atoms with E-state index in [0.29, 0.717) is 39.4 Å². The fourth-order valence-electron chi connectivity index (χ4n) is 3.19. The van der Waals surface area contributed by atoms with Crippen LogP contribution in [0.2, 0.25) is 0 Å². The number of anilines is 1. The second-order valence-electron chi connectivity index (χ2n) is 6.20. The van der Waals surface area contributed by atoms with Crippen molar-refractivity contribution in [3.8, 4) is 0 Å². The van der Waals surface area contributed by atoms with Gasteiger partial charge in [0.15, 0.2) is 0 Å². The largest absolute Gasteiger partial charge is 0.381 e. The summed E-state index contributed by atoms with van der Waals surface area (Å²) < 4.78 is 45.0. The van der Waals surface area contributed by atoms with Gasteiger partial charge in [0.05, 0.1) is 5.75 Å². The van der Waals surface area contributed by atoms with Crippen molar-refractivity contribution < 1.29 is 17.5 Å². The van der Waals surface area contributed by atoms with E-state index in [4.69, 9.17) is 4.74 Å². The van der Waals surface area contributed by atoms with E-state index in [1.165, 1.54) is 12.1 Å². The van der Waals surface area contributed by atoms with E-state index in [-0.39, 0.29) is 17.5 Å². The molecule has 5 nitrogen and oxygen atoms in total. The van der Waals surface area contributed by atoms with Crippen molar-refractivity contribution in [1.82, 2.24) is 4.31 Å². The summed E-state index contributed by atoms with van der Waals surface area (Å²) in [6, 6.07) is 6.34. The maximum Gasteiger partial charge on any atom is 0.214 e. The molecule has 0 atom stereocenters. The Morgan fingerprint density at radius 3 is 2.26 bits per heavy atom. The molecule has 128 valence electrons. The normalized spacial score (nSPS) is 21.5. The zero-order valence-corrected chi connectivity index (χ0v) is 14.0. The molecule has 0 saturated carbocycles. The molecule has 2 saturated heterocycles. The summed E-state index contributed by atoms with van der Waals surface area (Å²) in [5.41, 5.74) is 0.938. The summed E-state index contributed by atoms with van der Waals surface area (Å²) >= 11 is 0. The molecule has 3 rings (SSSR count). The van der Waals surface area contributed by atoms with Gasteiger partial charge in [-0.05, 0) is 43.0 Å². The van der Waals surface area contributed by atoms with Crippen molar-refractivity contribution in [3.05, 3.63) is 30.1 Å². The van der Waals surface area contributed by atoms with Gasteiger partial charge >= 0.3 is 0 Å². The van der Waals surface area contributed by atoms with Crippen LogP contribution in [0.25, 0.3) is 0 Å². The summed E-state index contributed by atoms with van der Waals surface area (Å²) in [6.07, 6.45) is 1.66. The van der Waals surface area contributed by atoms with Crippen LogP contribution in [0.1, 0.15) is 12.8 Å². The highest BCUT2D eigenvalue weighted by molar-refractivity contribution is 7.89. The Hall–Kier alpha value is -1.18. The summed E-state index contributed by atoms with van der Waals surface area (Å²) in [5, 5.41) is 0. The first-order valence-corrected chi connectivity index (χ1v) is 9.71. The standard InChI is InChI=1S/C16H23FN2O3S/c17-15-1-3-16(4-2-15)18-7-9-19(10-8-18)23(20,21)13-14-5-11-22-12-6-14/h1-4,14H,5-13H2. The SMILES string of the molecule is O=S(=O)(CC1CCOCC1)N1CCN(c2ccc(F)cc2)CC1. The quantitative estimate of drug-likeness (QED) is 0.836. The monoisotopic (exact) mass is 342 g/mol. The molecular weight excluding hydrogens is 319 g/mol. The molecule has 2 heterocycles. The molecule has 0 N–H and O–H groups in total. The van der Waals surface area contributed by atoms with Gasteiger partial charge in [-0.1, -0.05) is 0 Å². The smallest absolute Gasteiger partial charge is 0.214 e. The minimum atomic E-state index is -3.20. The number of ether oxygens (including phenoxy) is 1. The average Bonchev–Trinajstić information content (AvgIpc) is 2.56. The van der Waals surface area contributed by atoms with Crippen LogP contribution in [0.4, 0.5) is 10.1 Å². The van der Waals surface area contributed by atoms with Crippen LogP contribution in [0, 0.1) is 11.7 Å². The van der Waals surface area contributed by atoms with Crippen LogP contribution in [0.15, 0.2) is 24.3 Å². The zero-order chi connectivity index (χ0) is 16.3. The fourth-order valence-corrected chi connectivity index (χ4v) is 5.05. The first kappa shape index (κ1) is 16.7. The van der Waals surface area contributed by atoms with Gasteiger partial charge in [-0.2, -0.15) is 4.31 Å². The number of benzene rings is 1. The Bertz CT molecular complexity index is 607. The molecule has 1 aromatic carbocycles. The lowest BCUT2D eigenvalue weighted by atomic mass is 10.0. The van der Waals surface area contributed by atoms with Gasteiger partial charge in [-0.15, -0.1) is 0 Å². The minimum absolute atomic E-state index is 0.212. The number of halogens is 1. The number of hydrogen-bond acceptors (Lipinski definition) is 4. The number of rotatable bonds is 4. The molecule has 0 radical (unpaired) electrons. The molecule has 2 fully saturated rings. The fraction of sp³-hybridized carbons (Fsp3) is 0.625. The Labute approximate surface area is 137 Å². The van der Waals surface area contributed by atoms with Gasteiger partial charge in [0.1, 0.15) is 5.82 Å². The van der Waals surface area contributed by atoms with Crippen LogP contribution >= 0.6 is 0 Å². The van der Waals surface area contributed by atoms with E-state index in [2.05, 4.69) is 4.90 Å². The highest BCUT2D eigenvalue weighted by Gasteiger charge is 2.30. The van der Waals surface area contributed by atoms with Gasteiger partial charge in [0.25, 0.3) is 0 Å². The zero-order valence-electron chi connectivity index (χ0n) is 13.2. The van der Waals surface area contributed by atoms with E-state index in [1.807, 2.05) is 0 Å². The Morgan fingerprint density at radius 1 is 1.04 bits per heavy atom. The maximum atomic E-state index is 13.0. The topological polar surface area (TPSA) is 49.9 Å². The van der Waals surface area contributed by atoms with Gasteiger partial charge in [0.2, 0.25) is 10.0 Å². The number of nitrogens with zero attached hydrogens (tertiary/aromatic N) is 2. The third-order valence-corrected chi connectivity index (χ3v) is 6.66. The molecule has 7 heteroatoms. The van der Waals surface area contributed by atoms with E-state index in [9.17, 15) is 12.8 Å². The van der Waals surface area contributed by atoms with Crippen molar-refractivity contribution in [2.75, 3.05) is 50.0 Å². The van der Waals surface area contributed by atoms with Crippen LogP contribution in [0.5, 0.6) is 0 Å². The van der Waals surface area contributed by atoms with Gasteiger partial charge < -0.3 is 9.64 Å². The molecule has 0 aromatic heterocycles. The highest BCUT2D eigenvalue weighted by atomic mass is 32.2. The molecular formula is C16H23FN2O3S. The third-order valence-electron chi connectivity index (χ3n) is 4.61. The lowest BCUT2D eigenvalue weighted by Crippen LogP contribution is -2.50. The summed E-state index contributed by atoms with van der Waals surface area (Å²) in [4.78, 5) is 2.10. The van der Waals surface area contributed by atoms with Crippen molar-refractivity contribution in [3.63, 3.8) is 0 Å². The van der Waals surface area contributed by atoms with Gasteiger partial charge in [-0.25, -0.2) is 12.8 Å². The molecule has 0 bridgehead atoms. The van der Waals surface area contributed by atoms with E-state index < -0.39 is 10.0 Å². The molecule has 2 aliphatic rings. The number of hydrogen-bond donors (Lipinski definition) is 0. The second kappa shape index (κ2) is 7.15. The Morgan fingerprint density at radius 2 is 1.65 bits per heavy atom. The molecule has 2 aliphatic heterocycles. The second-order valence-corrected chi connectivity index (χ2v) is 8.21. The molecule has 1 aromatic rings. The van der Waals surface area contributed by atoms with Crippen LogP contribution in [-0.4, -0.2) is 57.9 Å². The summed E-state index contributed by atoms with van der Waals surface area (Å²) in [7, 11) is -3.20. The first-order chi connectivity index (χ1) is 11.0. The van der Waals surface area contributed by atoms with Crippen LogP contribution in [-0.2, 0) is 14.8 Å². The molecule has 0 amide bonds. The summed E-state index contributed by atoms with van der Waals surface area (Å²) in [5.74, 6) is 0.183. The Balaban J connectivity index is 1.56. The van der Waals surface area contributed by atoms with Gasteiger partial charge in [0, 0.05) is 45.1 Å². The maximum absolute atomic E-state index is 13.0. The van der Waals surface area contributed by atoms with Crippen molar-refractivity contribution in [2.45, 2.75) is 12.8 Å². The lowest BCUT2D eigenvalue weighted by molar-refractivity contribution is 0.0720. The molecule has 0 aliphatic carbocycles. The van der Waals surface area contributed by atoms with E-state index in [0.717, 1.165) is 18.5 Å². The van der Waals surface area contributed by atoms with E-state index >= 15 is 0 Å². The predicted molar refractivity (Wildman–Crippen MR) is 87.5 cm³/mol. The third kappa shape index (κ3) is 4.22. The van der Waals surface area contributed by atoms with Crippen molar-refractivity contribution in [1.29, 1.82) is 0 Å². The summed E-state index contributed by atoms with van der Waals surface area (Å²) in [6.45, 7) is 3.58. The van der Waals surface area contributed by atoms with E-state index in [1.54, 1.807) is 16.4 Å². The van der Waals surface area contributed by atoms with Crippen molar-refractivity contribution in [2.24, 2.45) is 5.92 Å². The predicted octanol–water partition coefficient (Wildman–Crippen LogP) is 1.70. The lowest BCUT2D eigenvalue weighted by Gasteiger charge is -2.36. The van der Waals surface area contributed by atoms with Crippen molar-refractivity contribution >= 4 is 15.7 Å². The average molecular weight is 342 g/mol. The van der Waals surface area contributed by atoms with Crippen LogP contribution < -0.4 is 4.90 Å². The Kier molecular flexibility index (Phi) is 5.18. The van der Waals surface area contributed by atoms with Crippen LogP contribution in [0.3, 0.4) is 0 Å². The van der Waals surface area contributed by atoms with Gasteiger partial charge in [-0.3, -0.25) is 0 Å². The molecule has 0 spiro atoms. The molecule has 0 unspecified atom stereocenters.